The average Bonchev–Trinajstić information content (AvgIpc) is 2.62. The maximum atomic E-state index is 11.9. The molecule has 0 aliphatic carbocycles. The molecule has 1 aliphatic rings. The van der Waals surface area contributed by atoms with Crippen molar-refractivity contribution >= 4 is 0 Å². The van der Waals surface area contributed by atoms with E-state index >= 15 is 0 Å². The van der Waals surface area contributed by atoms with Gasteiger partial charge in [-0.25, -0.2) is 4.79 Å². The first-order valence-corrected chi connectivity index (χ1v) is 6.30. The van der Waals surface area contributed by atoms with E-state index in [0.29, 0.717) is 6.61 Å². The highest BCUT2D eigenvalue weighted by Crippen LogP contribution is 2.37. The second-order valence-corrected chi connectivity index (χ2v) is 4.77. The number of aromatic nitrogens is 2. The third kappa shape index (κ3) is 2.42. The standard InChI is InChI=1S/C12H18N2O6/c1-3-19-8-4-5-14(11(17)13-8)10-12(2,18)9(16)7(6-15)20-10/h4-5,7,9-10,15-16,18H,3,6H2,1-2H3/t7-,9?,10-,12?/m1/s1. The largest absolute Gasteiger partial charge is 0.478 e. The monoisotopic (exact) mass is 286 g/mol. The molecule has 2 heterocycles. The Morgan fingerprint density at radius 3 is 2.80 bits per heavy atom. The Morgan fingerprint density at radius 1 is 1.60 bits per heavy atom. The van der Waals surface area contributed by atoms with Crippen LogP contribution in [-0.4, -0.2) is 55.9 Å². The van der Waals surface area contributed by atoms with Crippen LogP contribution in [0.3, 0.4) is 0 Å². The summed E-state index contributed by atoms with van der Waals surface area (Å²) in [6, 6.07) is 1.46. The van der Waals surface area contributed by atoms with Gasteiger partial charge in [0.2, 0.25) is 5.88 Å². The molecule has 1 aromatic heterocycles. The van der Waals surface area contributed by atoms with Crippen LogP contribution < -0.4 is 10.4 Å². The first kappa shape index (κ1) is 14.9. The van der Waals surface area contributed by atoms with E-state index in [9.17, 15) is 15.0 Å². The lowest BCUT2D eigenvalue weighted by Crippen LogP contribution is -2.46. The van der Waals surface area contributed by atoms with Crippen LogP contribution in [0.15, 0.2) is 17.1 Å². The lowest BCUT2D eigenvalue weighted by Gasteiger charge is -2.27. The van der Waals surface area contributed by atoms with E-state index in [1.54, 1.807) is 6.92 Å². The summed E-state index contributed by atoms with van der Waals surface area (Å²) in [6.45, 7) is 3.01. The second kappa shape index (κ2) is 5.49. The Morgan fingerprint density at radius 2 is 2.30 bits per heavy atom. The van der Waals surface area contributed by atoms with Crippen molar-refractivity contribution in [1.82, 2.24) is 9.55 Å². The van der Waals surface area contributed by atoms with E-state index in [1.807, 2.05) is 0 Å². The van der Waals surface area contributed by atoms with Crippen molar-refractivity contribution in [2.45, 2.75) is 37.9 Å². The lowest BCUT2D eigenvalue weighted by molar-refractivity contribution is -0.0988. The molecular formula is C12H18N2O6. The van der Waals surface area contributed by atoms with Crippen LogP contribution in [0.25, 0.3) is 0 Å². The minimum Gasteiger partial charge on any atom is -0.478 e. The summed E-state index contributed by atoms with van der Waals surface area (Å²) in [4.78, 5) is 15.6. The van der Waals surface area contributed by atoms with E-state index in [0.717, 1.165) is 4.57 Å². The van der Waals surface area contributed by atoms with E-state index < -0.39 is 36.3 Å². The summed E-state index contributed by atoms with van der Waals surface area (Å²) in [5.74, 6) is 0.172. The molecule has 0 aromatic carbocycles. The Kier molecular flexibility index (Phi) is 4.09. The maximum Gasteiger partial charge on any atom is 0.353 e. The van der Waals surface area contributed by atoms with Gasteiger partial charge in [0.05, 0.1) is 13.2 Å². The van der Waals surface area contributed by atoms with Gasteiger partial charge in [-0.2, -0.15) is 4.98 Å². The zero-order valence-corrected chi connectivity index (χ0v) is 11.3. The molecule has 8 nitrogen and oxygen atoms in total. The van der Waals surface area contributed by atoms with Crippen LogP contribution in [0.2, 0.25) is 0 Å². The van der Waals surface area contributed by atoms with Crippen LogP contribution >= 0.6 is 0 Å². The normalized spacial score (nSPS) is 33.4. The summed E-state index contributed by atoms with van der Waals surface area (Å²) < 4.78 is 11.5. The molecule has 2 rings (SSSR count). The minimum absolute atomic E-state index is 0.172. The van der Waals surface area contributed by atoms with Gasteiger partial charge in [0.15, 0.2) is 6.23 Å². The SMILES string of the molecule is CCOc1ccn([C@@H]2O[C@H](CO)C(O)C2(C)O)c(=O)n1. The van der Waals surface area contributed by atoms with Gasteiger partial charge in [-0.15, -0.1) is 0 Å². The first-order chi connectivity index (χ1) is 9.41. The number of nitrogens with zero attached hydrogens (tertiary/aromatic N) is 2. The molecule has 3 N–H and O–H groups in total. The van der Waals surface area contributed by atoms with Crippen LogP contribution in [-0.2, 0) is 4.74 Å². The quantitative estimate of drug-likeness (QED) is 0.626. The van der Waals surface area contributed by atoms with Crippen molar-refractivity contribution in [3.05, 3.63) is 22.7 Å². The maximum absolute atomic E-state index is 11.9. The predicted octanol–water partition coefficient (Wildman–Crippen LogP) is -1.36. The second-order valence-electron chi connectivity index (χ2n) is 4.77. The molecule has 1 saturated heterocycles. The van der Waals surface area contributed by atoms with Crippen molar-refractivity contribution in [1.29, 1.82) is 0 Å². The smallest absolute Gasteiger partial charge is 0.353 e. The molecule has 112 valence electrons. The van der Waals surface area contributed by atoms with Crippen molar-refractivity contribution in [2.75, 3.05) is 13.2 Å². The van der Waals surface area contributed by atoms with Gasteiger partial charge in [-0.1, -0.05) is 0 Å². The van der Waals surface area contributed by atoms with Gasteiger partial charge in [0.1, 0.15) is 17.8 Å². The van der Waals surface area contributed by atoms with Crippen LogP contribution in [0.4, 0.5) is 0 Å². The molecule has 4 atom stereocenters. The van der Waals surface area contributed by atoms with E-state index in [2.05, 4.69) is 4.98 Å². The molecule has 0 radical (unpaired) electrons. The van der Waals surface area contributed by atoms with Gasteiger partial charge >= 0.3 is 5.69 Å². The van der Waals surface area contributed by atoms with Crippen LogP contribution in [0.5, 0.6) is 5.88 Å². The minimum atomic E-state index is -1.72. The Labute approximate surface area is 115 Å². The Hall–Kier alpha value is -1.48. The van der Waals surface area contributed by atoms with Crippen molar-refractivity contribution in [2.24, 2.45) is 0 Å². The van der Waals surface area contributed by atoms with Gasteiger partial charge in [-0.3, -0.25) is 4.57 Å². The van der Waals surface area contributed by atoms with Crippen LogP contribution in [0, 0.1) is 0 Å². The number of rotatable bonds is 4. The zero-order valence-electron chi connectivity index (χ0n) is 11.3. The summed E-state index contributed by atoms with van der Waals surface area (Å²) in [5, 5.41) is 29.3. The fraction of sp³-hybridized carbons (Fsp3) is 0.667. The zero-order chi connectivity index (χ0) is 14.9. The predicted molar refractivity (Wildman–Crippen MR) is 67.3 cm³/mol. The fourth-order valence-corrected chi connectivity index (χ4v) is 2.19. The van der Waals surface area contributed by atoms with E-state index in [4.69, 9.17) is 14.6 Å². The molecule has 8 heteroatoms. The highest BCUT2D eigenvalue weighted by Gasteiger charge is 2.53. The highest BCUT2D eigenvalue weighted by molar-refractivity contribution is 5.08. The van der Waals surface area contributed by atoms with Gasteiger partial charge in [-0.05, 0) is 13.8 Å². The topological polar surface area (TPSA) is 114 Å². The van der Waals surface area contributed by atoms with Gasteiger partial charge < -0.3 is 24.8 Å². The number of hydrogen-bond acceptors (Lipinski definition) is 7. The molecular weight excluding hydrogens is 268 g/mol. The Balaban J connectivity index is 2.34. The van der Waals surface area contributed by atoms with Crippen molar-refractivity contribution < 1.29 is 24.8 Å². The number of ether oxygens (including phenoxy) is 2. The summed E-state index contributed by atoms with van der Waals surface area (Å²) in [5.41, 5.74) is -2.39. The Bertz CT molecular complexity index is 529. The van der Waals surface area contributed by atoms with Crippen LogP contribution in [0.1, 0.15) is 20.1 Å². The molecule has 1 fully saturated rings. The van der Waals surface area contributed by atoms with Crippen molar-refractivity contribution in [3.8, 4) is 5.88 Å². The number of aliphatic hydroxyl groups excluding tert-OH is 2. The molecule has 0 bridgehead atoms. The third-order valence-electron chi connectivity index (χ3n) is 3.28. The molecule has 0 spiro atoms. The molecule has 20 heavy (non-hydrogen) atoms. The van der Waals surface area contributed by atoms with E-state index in [1.165, 1.54) is 19.2 Å². The summed E-state index contributed by atoms with van der Waals surface area (Å²) >= 11 is 0. The molecule has 0 amide bonds. The molecule has 1 aromatic rings. The highest BCUT2D eigenvalue weighted by atomic mass is 16.6. The average molecular weight is 286 g/mol. The molecule has 1 aliphatic heterocycles. The van der Waals surface area contributed by atoms with Gasteiger partial charge in [0.25, 0.3) is 0 Å². The number of hydrogen-bond donors (Lipinski definition) is 3. The van der Waals surface area contributed by atoms with Crippen molar-refractivity contribution in [3.63, 3.8) is 0 Å². The summed E-state index contributed by atoms with van der Waals surface area (Å²) in [6.07, 6.45) is -2.04. The fourth-order valence-electron chi connectivity index (χ4n) is 2.19. The lowest BCUT2D eigenvalue weighted by atomic mass is 9.96. The number of aliphatic hydroxyl groups is 3. The molecule has 0 saturated carbocycles. The van der Waals surface area contributed by atoms with Gasteiger partial charge in [0, 0.05) is 12.3 Å². The first-order valence-electron chi connectivity index (χ1n) is 6.30. The third-order valence-corrected chi connectivity index (χ3v) is 3.28. The summed E-state index contributed by atoms with van der Waals surface area (Å²) in [7, 11) is 0. The van der Waals surface area contributed by atoms with E-state index in [-0.39, 0.29) is 5.88 Å². The molecule has 2 unspecified atom stereocenters.